The minimum Gasteiger partial charge on any atom is -0.366 e. The van der Waals surface area contributed by atoms with Gasteiger partial charge in [-0.2, -0.15) is 0 Å². The van der Waals surface area contributed by atoms with E-state index in [2.05, 4.69) is 19.2 Å². The fourth-order valence-electron chi connectivity index (χ4n) is 3.39. The molecule has 1 N–H and O–H groups in total. The van der Waals surface area contributed by atoms with Crippen LogP contribution in [-0.2, 0) is 0 Å². The lowest BCUT2D eigenvalue weighted by atomic mass is 9.96. The number of nitrogens with zero attached hydrogens (tertiary/aromatic N) is 2. The molecule has 0 spiro atoms. The lowest BCUT2D eigenvalue weighted by Crippen LogP contribution is -2.52. The highest BCUT2D eigenvalue weighted by molar-refractivity contribution is 6.30. The van der Waals surface area contributed by atoms with Gasteiger partial charge in [0.1, 0.15) is 5.82 Å². The molecule has 2 aromatic carbocycles. The minimum atomic E-state index is -0.224. The molecule has 1 saturated heterocycles. The molecular formula is C21H25ClFN3O. The standard InChI is InChI=1S/C21H25ClFN3O/c1-15(2)20(16-7-9-17(22)10-8-16)24-21(27)26-13-11-25(12-14-26)19-6-4-3-5-18(19)23/h3-10,15,20H,11-14H2,1-2H3,(H,24,27). The Balaban J connectivity index is 1.61. The maximum Gasteiger partial charge on any atom is 0.318 e. The number of halogens is 2. The van der Waals surface area contributed by atoms with Crippen LogP contribution >= 0.6 is 11.6 Å². The van der Waals surface area contributed by atoms with Gasteiger partial charge in [-0.25, -0.2) is 9.18 Å². The topological polar surface area (TPSA) is 35.6 Å². The van der Waals surface area contributed by atoms with E-state index in [-0.39, 0.29) is 23.8 Å². The number of carbonyl (C=O) groups is 1. The quantitative estimate of drug-likeness (QED) is 0.822. The maximum atomic E-state index is 14.0. The van der Waals surface area contributed by atoms with Crippen molar-refractivity contribution in [3.63, 3.8) is 0 Å². The van der Waals surface area contributed by atoms with Crippen molar-refractivity contribution in [1.29, 1.82) is 0 Å². The van der Waals surface area contributed by atoms with Crippen LogP contribution in [0.25, 0.3) is 0 Å². The second kappa shape index (κ2) is 8.61. The molecule has 1 aliphatic heterocycles. The Morgan fingerprint density at radius 1 is 1.04 bits per heavy atom. The molecule has 1 atom stereocenters. The van der Waals surface area contributed by atoms with Crippen LogP contribution in [0.3, 0.4) is 0 Å². The number of piperazine rings is 1. The van der Waals surface area contributed by atoms with Crippen LogP contribution in [0.5, 0.6) is 0 Å². The summed E-state index contributed by atoms with van der Waals surface area (Å²) in [7, 11) is 0. The van der Waals surface area contributed by atoms with Gasteiger partial charge in [-0.15, -0.1) is 0 Å². The maximum absolute atomic E-state index is 14.0. The van der Waals surface area contributed by atoms with Gasteiger partial charge in [-0.1, -0.05) is 49.7 Å². The van der Waals surface area contributed by atoms with Gasteiger partial charge < -0.3 is 15.1 Å². The first-order valence-corrected chi connectivity index (χ1v) is 9.64. The van der Waals surface area contributed by atoms with E-state index in [1.54, 1.807) is 17.0 Å². The molecule has 1 unspecified atom stereocenters. The Morgan fingerprint density at radius 2 is 1.67 bits per heavy atom. The monoisotopic (exact) mass is 389 g/mol. The highest BCUT2D eigenvalue weighted by atomic mass is 35.5. The highest BCUT2D eigenvalue weighted by Crippen LogP contribution is 2.24. The van der Waals surface area contributed by atoms with Crippen LogP contribution < -0.4 is 10.2 Å². The number of para-hydroxylation sites is 1. The lowest BCUT2D eigenvalue weighted by molar-refractivity contribution is 0.186. The fourth-order valence-corrected chi connectivity index (χ4v) is 3.51. The molecule has 27 heavy (non-hydrogen) atoms. The van der Waals surface area contributed by atoms with Gasteiger partial charge >= 0.3 is 6.03 Å². The Morgan fingerprint density at radius 3 is 2.26 bits per heavy atom. The zero-order valence-corrected chi connectivity index (χ0v) is 16.4. The molecule has 2 amide bonds. The summed E-state index contributed by atoms with van der Waals surface area (Å²) in [6, 6.07) is 14.2. The third-order valence-corrected chi connectivity index (χ3v) is 5.19. The summed E-state index contributed by atoms with van der Waals surface area (Å²) in [5, 5.41) is 3.82. The van der Waals surface area contributed by atoms with E-state index in [9.17, 15) is 9.18 Å². The Kier molecular flexibility index (Phi) is 6.22. The number of amides is 2. The molecule has 1 heterocycles. The summed E-state index contributed by atoms with van der Waals surface area (Å²) >= 11 is 5.97. The number of anilines is 1. The first-order valence-electron chi connectivity index (χ1n) is 9.26. The molecule has 1 aliphatic rings. The van der Waals surface area contributed by atoms with Crippen LogP contribution in [0.15, 0.2) is 48.5 Å². The van der Waals surface area contributed by atoms with Crippen molar-refractivity contribution in [3.05, 3.63) is 64.9 Å². The highest BCUT2D eigenvalue weighted by Gasteiger charge is 2.25. The van der Waals surface area contributed by atoms with Gasteiger partial charge in [0.15, 0.2) is 0 Å². The van der Waals surface area contributed by atoms with Crippen LogP contribution in [0.2, 0.25) is 5.02 Å². The summed E-state index contributed by atoms with van der Waals surface area (Å²) in [6.45, 7) is 6.51. The first kappa shape index (κ1) is 19.5. The lowest BCUT2D eigenvalue weighted by Gasteiger charge is -2.37. The second-order valence-electron chi connectivity index (χ2n) is 7.15. The fraction of sp³-hybridized carbons (Fsp3) is 0.381. The summed E-state index contributed by atoms with van der Waals surface area (Å²) in [5.74, 6) is 0.0211. The SMILES string of the molecule is CC(C)C(NC(=O)N1CCN(c2ccccc2F)CC1)c1ccc(Cl)cc1. The number of hydrogen-bond donors (Lipinski definition) is 1. The number of hydrogen-bond acceptors (Lipinski definition) is 2. The molecule has 3 rings (SSSR count). The van der Waals surface area contributed by atoms with Crippen molar-refractivity contribution in [2.24, 2.45) is 5.92 Å². The van der Waals surface area contributed by atoms with E-state index in [1.165, 1.54) is 6.07 Å². The average Bonchev–Trinajstić information content (AvgIpc) is 2.67. The third-order valence-electron chi connectivity index (χ3n) is 4.93. The second-order valence-corrected chi connectivity index (χ2v) is 7.58. The van der Waals surface area contributed by atoms with Gasteiger partial charge in [0.05, 0.1) is 11.7 Å². The van der Waals surface area contributed by atoms with Gasteiger partial charge in [0, 0.05) is 31.2 Å². The van der Waals surface area contributed by atoms with Crippen molar-refractivity contribution in [2.45, 2.75) is 19.9 Å². The summed E-state index contributed by atoms with van der Waals surface area (Å²) < 4.78 is 14.0. The Bertz CT molecular complexity index is 773. The molecule has 0 aromatic heterocycles. The van der Waals surface area contributed by atoms with Gasteiger partial charge in [-0.3, -0.25) is 0 Å². The third kappa shape index (κ3) is 4.72. The van der Waals surface area contributed by atoms with Crippen LogP contribution in [0.4, 0.5) is 14.9 Å². The first-order chi connectivity index (χ1) is 13.0. The smallest absolute Gasteiger partial charge is 0.318 e. The van der Waals surface area contributed by atoms with Crippen molar-refractivity contribution in [3.8, 4) is 0 Å². The van der Waals surface area contributed by atoms with Crippen LogP contribution in [-0.4, -0.2) is 37.1 Å². The minimum absolute atomic E-state index is 0.0839. The van der Waals surface area contributed by atoms with Crippen molar-refractivity contribution < 1.29 is 9.18 Å². The Labute approximate surface area is 164 Å². The van der Waals surface area contributed by atoms with Crippen molar-refractivity contribution in [1.82, 2.24) is 10.2 Å². The molecule has 1 fully saturated rings. The van der Waals surface area contributed by atoms with Gasteiger partial charge in [0.25, 0.3) is 0 Å². The van der Waals surface area contributed by atoms with E-state index >= 15 is 0 Å². The van der Waals surface area contributed by atoms with E-state index in [0.29, 0.717) is 36.9 Å². The zero-order chi connectivity index (χ0) is 19.4. The Hall–Kier alpha value is -2.27. The molecule has 0 aliphatic carbocycles. The molecule has 144 valence electrons. The number of urea groups is 1. The van der Waals surface area contributed by atoms with E-state index < -0.39 is 0 Å². The number of carbonyl (C=O) groups excluding carboxylic acids is 1. The molecule has 0 saturated carbocycles. The molecule has 4 nitrogen and oxygen atoms in total. The summed E-state index contributed by atoms with van der Waals surface area (Å²) in [5.41, 5.74) is 1.63. The molecule has 2 aromatic rings. The van der Waals surface area contributed by atoms with E-state index in [1.807, 2.05) is 35.2 Å². The summed E-state index contributed by atoms with van der Waals surface area (Å²) in [6.07, 6.45) is 0. The van der Waals surface area contributed by atoms with Gasteiger partial charge in [-0.05, 0) is 35.7 Å². The normalized spacial score (nSPS) is 15.7. The predicted molar refractivity (Wildman–Crippen MR) is 108 cm³/mol. The molecule has 0 bridgehead atoms. The van der Waals surface area contributed by atoms with Crippen LogP contribution in [0.1, 0.15) is 25.5 Å². The van der Waals surface area contributed by atoms with E-state index in [4.69, 9.17) is 11.6 Å². The number of nitrogens with one attached hydrogen (secondary N) is 1. The van der Waals surface area contributed by atoms with Crippen LogP contribution in [0, 0.1) is 11.7 Å². The molecule has 6 heteroatoms. The predicted octanol–water partition coefficient (Wildman–Crippen LogP) is 4.71. The van der Waals surface area contributed by atoms with E-state index in [0.717, 1.165) is 5.56 Å². The molecule has 0 radical (unpaired) electrons. The zero-order valence-electron chi connectivity index (χ0n) is 15.7. The average molecular weight is 390 g/mol. The van der Waals surface area contributed by atoms with Crippen molar-refractivity contribution >= 4 is 23.3 Å². The largest absolute Gasteiger partial charge is 0.366 e. The summed E-state index contributed by atoms with van der Waals surface area (Å²) in [4.78, 5) is 16.5. The number of rotatable bonds is 4. The molecular weight excluding hydrogens is 365 g/mol. The van der Waals surface area contributed by atoms with Crippen molar-refractivity contribution in [2.75, 3.05) is 31.1 Å². The van der Waals surface area contributed by atoms with Gasteiger partial charge in [0.2, 0.25) is 0 Å². The number of benzene rings is 2.